The van der Waals surface area contributed by atoms with Gasteiger partial charge < -0.3 is 4.74 Å². The Morgan fingerprint density at radius 3 is 1.88 bits per heavy atom. The molecule has 136 valence electrons. The second-order valence-electron chi connectivity index (χ2n) is 6.95. The van der Waals surface area contributed by atoms with Crippen LogP contribution in [0.4, 0.5) is 0 Å². The molecule has 0 radical (unpaired) electrons. The molecule has 0 unspecified atom stereocenters. The summed E-state index contributed by atoms with van der Waals surface area (Å²) in [6.45, 7) is 3.09. The minimum absolute atomic E-state index is 0.835. The zero-order valence-electron chi connectivity index (χ0n) is 15.9. The van der Waals surface area contributed by atoms with Crippen molar-refractivity contribution in [3.8, 4) is 5.75 Å². The monoisotopic (exact) mass is 338 g/mol. The molecule has 1 heteroatoms. The number of ether oxygens (including phenoxy) is 1. The van der Waals surface area contributed by atoms with E-state index in [-0.39, 0.29) is 0 Å². The van der Waals surface area contributed by atoms with E-state index in [1.54, 1.807) is 0 Å². The molecule has 0 saturated carbocycles. The van der Waals surface area contributed by atoms with Crippen LogP contribution in [-0.2, 0) is 12.8 Å². The Labute approximate surface area is 154 Å². The SMILES string of the molecule is CCCCCCc1ccc(OCCCCCCc2ccccc2)cc1. The van der Waals surface area contributed by atoms with Gasteiger partial charge in [0.1, 0.15) is 5.75 Å². The second-order valence-corrected chi connectivity index (χ2v) is 6.95. The lowest BCUT2D eigenvalue weighted by Gasteiger charge is -2.07. The van der Waals surface area contributed by atoms with Crippen molar-refractivity contribution in [1.82, 2.24) is 0 Å². The topological polar surface area (TPSA) is 9.23 Å². The molecule has 2 rings (SSSR count). The van der Waals surface area contributed by atoms with Crippen LogP contribution in [0.2, 0.25) is 0 Å². The fraction of sp³-hybridized carbons (Fsp3) is 0.500. The molecule has 0 aliphatic heterocycles. The molecule has 0 spiro atoms. The highest BCUT2D eigenvalue weighted by molar-refractivity contribution is 5.27. The van der Waals surface area contributed by atoms with Crippen molar-refractivity contribution in [2.24, 2.45) is 0 Å². The van der Waals surface area contributed by atoms with Crippen LogP contribution in [0.5, 0.6) is 5.75 Å². The quantitative estimate of drug-likeness (QED) is 0.358. The standard InChI is InChI=1S/C24H34O/c1-2-3-4-8-16-23-17-19-24(20-18-23)25-21-12-6-5-9-13-22-14-10-7-11-15-22/h7,10-11,14-15,17-20H,2-6,8-9,12-13,16,21H2,1H3. The minimum Gasteiger partial charge on any atom is -0.494 e. The lowest BCUT2D eigenvalue weighted by atomic mass is 10.1. The van der Waals surface area contributed by atoms with E-state index >= 15 is 0 Å². The van der Waals surface area contributed by atoms with E-state index in [4.69, 9.17) is 4.74 Å². The van der Waals surface area contributed by atoms with Gasteiger partial charge in [-0.3, -0.25) is 0 Å². The Morgan fingerprint density at radius 1 is 0.600 bits per heavy atom. The van der Waals surface area contributed by atoms with Crippen molar-refractivity contribution in [3.63, 3.8) is 0 Å². The number of hydrogen-bond acceptors (Lipinski definition) is 1. The highest BCUT2D eigenvalue weighted by atomic mass is 16.5. The molecule has 2 aromatic rings. The van der Waals surface area contributed by atoms with Gasteiger partial charge in [-0.05, 0) is 55.4 Å². The van der Waals surface area contributed by atoms with Gasteiger partial charge in [0.15, 0.2) is 0 Å². The summed E-state index contributed by atoms with van der Waals surface area (Å²) in [5.41, 5.74) is 2.89. The molecule has 0 aromatic heterocycles. The first-order valence-electron chi connectivity index (χ1n) is 10.1. The van der Waals surface area contributed by atoms with Gasteiger partial charge in [0, 0.05) is 0 Å². The second kappa shape index (κ2) is 12.6. The Balaban J connectivity index is 1.50. The molecule has 0 saturated heterocycles. The zero-order valence-corrected chi connectivity index (χ0v) is 15.9. The molecule has 0 fully saturated rings. The summed E-state index contributed by atoms with van der Waals surface area (Å²) in [6.07, 6.45) is 12.7. The van der Waals surface area contributed by atoms with E-state index in [0.717, 1.165) is 18.8 Å². The summed E-state index contributed by atoms with van der Waals surface area (Å²) in [6, 6.07) is 19.5. The minimum atomic E-state index is 0.835. The average molecular weight is 339 g/mol. The Bertz CT molecular complexity index is 544. The number of benzene rings is 2. The van der Waals surface area contributed by atoms with E-state index < -0.39 is 0 Å². The molecular formula is C24H34O. The maximum atomic E-state index is 5.87. The van der Waals surface area contributed by atoms with Crippen LogP contribution < -0.4 is 4.74 Å². The van der Waals surface area contributed by atoms with Crippen molar-refractivity contribution < 1.29 is 4.74 Å². The fourth-order valence-corrected chi connectivity index (χ4v) is 3.13. The predicted octanol–water partition coefficient (Wildman–Crippen LogP) is 6.99. The summed E-state index contributed by atoms with van der Waals surface area (Å²) < 4.78 is 5.87. The van der Waals surface area contributed by atoms with Crippen LogP contribution >= 0.6 is 0 Å². The van der Waals surface area contributed by atoms with Crippen LogP contribution in [0.25, 0.3) is 0 Å². The molecule has 0 atom stereocenters. The largest absolute Gasteiger partial charge is 0.494 e. The van der Waals surface area contributed by atoms with Crippen molar-refractivity contribution in [1.29, 1.82) is 0 Å². The fourth-order valence-electron chi connectivity index (χ4n) is 3.13. The van der Waals surface area contributed by atoms with Crippen LogP contribution in [0.1, 0.15) is 69.4 Å². The first-order chi connectivity index (χ1) is 12.4. The van der Waals surface area contributed by atoms with Crippen molar-refractivity contribution in [2.75, 3.05) is 6.61 Å². The van der Waals surface area contributed by atoms with Gasteiger partial charge in [-0.25, -0.2) is 0 Å². The first-order valence-corrected chi connectivity index (χ1v) is 10.1. The van der Waals surface area contributed by atoms with Crippen molar-refractivity contribution in [2.45, 2.75) is 71.1 Å². The van der Waals surface area contributed by atoms with E-state index in [2.05, 4.69) is 61.5 Å². The summed E-state index contributed by atoms with van der Waals surface area (Å²) in [4.78, 5) is 0. The van der Waals surface area contributed by atoms with E-state index in [9.17, 15) is 0 Å². The maximum Gasteiger partial charge on any atom is 0.119 e. The Hall–Kier alpha value is -1.76. The van der Waals surface area contributed by atoms with Gasteiger partial charge in [-0.2, -0.15) is 0 Å². The molecule has 0 heterocycles. The highest BCUT2D eigenvalue weighted by Gasteiger charge is 1.98. The van der Waals surface area contributed by atoms with Gasteiger partial charge in [0.25, 0.3) is 0 Å². The normalized spacial score (nSPS) is 10.8. The van der Waals surface area contributed by atoms with Crippen LogP contribution in [0.3, 0.4) is 0 Å². The number of rotatable bonds is 13. The predicted molar refractivity (Wildman–Crippen MR) is 108 cm³/mol. The third kappa shape index (κ3) is 8.77. The smallest absolute Gasteiger partial charge is 0.119 e. The van der Waals surface area contributed by atoms with Crippen molar-refractivity contribution >= 4 is 0 Å². The molecular weight excluding hydrogens is 304 g/mol. The van der Waals surface area contributed by atoms with Crippen LogP contribution in [0.15, 0.2) is 54.6 Å². The van der Waals surface area contributed by atoms with E-state index in [1.807, 2.05) is 0 Å². The lowest BCUT2D eigenvalue weighted by molar-refractivity contribution is 0.304. The van der Waals surface area contributed by atoms with Crippen LogP contribution in [0, 0.1) is 0 Å². The summed E-state index contributed by atoms with van der Waals surface area (Å²) in [5.74, 6) is 1.02. The average Bonchev–Trinajstić information content (AvgIpc) is 2.66. The van der Waals surface area contributed by atoms with Gasteiger partial charge >= 0.3 is 0 Å². The van der Waals surface area contributed by atoms with Crippen molar-refractivity contribution in [3.05, 3.63) is 65.7 Å². The molecule has 1 nitrogen and oxygen atoms in total. The summed E-state index contributed by atoms with van der Waals surface area (Å²) >= 11 is 0. The highest BCUT2D eigenvalue weighted by Crippen LogP contribution is 2.15. The molecule has 25 heavy (non-hydrogen) atoms. The third-order valence-electron chi connectivity index (χ3n) is 4.71. The maximum absolute atomic E-state index is 5.87. The molecule has 0 N–H and O–H groups in total. The van der Waals surface area contributed by atoms with E-state index in [0.29, 0.717) is 0 Å². The third-order valence-corrected chi connectivity index (χ3v) is 4.71. The summed E-state index contributed by atoms with van der Waals surface area (Å²) in [7, 11) is 0. The molecule has 0 aliphatic carbocycles. The van der Waals surface area contributed by atoms with Gasteiger partial charge in [0.05, 0.1) is 6.61 Å². The summed E-state index contributed by atoms with van der Waals surface area (Å²) in [5, 5.41) is 0. The Morgan fingerprint density at radius 2 is 1.20 bits per heavy atom. The van der Waals surface area contributed by atoms with Gasteiger partial charge in [-0.1, -0.05) is 81.5 Å². The molecule has 0 amide bonds. The number of hydrogen-bond donors (Lipinski definition) is 0. The zero-order chi connectivity index (χ0) is 17.6. The van der Waals surface area contributed by atoms with Crippen LogP contribution in [-0.4, -0.2) is 6.61 Å². The Kier molecular flexibility index (Phi) is 9.84. The molecule has 2 aromatic carbocycles. The molecule has 0 aliphatic rings. The van der Waals surface area contributed by atoms with E-state index in [1.165, 1.54) is 68.9 Å². The number of aryl methyl sites for hydroxylation is 2. The lowest BCUT2D eigenvalue weighted by Crippen LogP contribution is -1.97. The van der Waals surface area contributed by atoms with Gasteiger partial charge in [-0.15, -0.1) is 0 Å². The first kappa shape index (κ1) is 19.6. The number of unbranched alkanes of at least 4 members (excludes halogenated alkanes) is 6. The molecule has 0 bridgehead atoms. The van der Waals surface area contributed by atoms with Gasteiger partial charge in [0.2, 0.25) is 0 Å².